The summed E-state index contributed by atoms with van der Waals surface area (Å²) in [5.74, 6) is 0.804. The summed E-state index contributed by atoms with van der Waals surface area (Å²) in [6.07, 6.45) is 7.96. The van der Waals surface area contributed by atoms with Crippen molar-refractivity contribution in [1.29, 1.82) is 0 Å². The zero-order valence-electron chi connectivity index (χ0n) is 11.2. The number of anilines is 1. The van der Waals surface area contributed by atoms with Gasteiger partial charge in [0.25, 0.3) is 0 Å². The molecule has 2 N–H and O–H groups in total. The van der Waals surface area contributed by atoms with E-state index in [1.54, 1.807) is 11.1 Å². The third-order valence-electron chi connectivity index (χ3n) is 4.38. The molecule has 1 aliphatic carbocycles. The molecule has 2 heteroatoms. The topological polar surface area (TPSA) is 24.1 Å². The first-order valence-electron chi connectivity index (χ1n) is 7.49. The van der Waals surface area contributed by atoms with Crippen LogP contribution in [-0.4, -0.2) is 19.6 Å². The van der Waals surface area contributed by atoms with Gasteiger partial charge < -0.3 is 10.6 Å². The Morgan fingerprint density at radius 1 is 1.17 bits per heavy atom. The summed E-state index contributed by atoms with van der Waals surface area (Å²) in [6, 6.07) is 6.79. The van der Waals surface area contributed by atoms with Gasteiger partial charge in [-0.3, -0.25) is 0 Å². The first-order valence-corrected chi connectivity index (χ1v) is 7.49. The molecule has 0 saturated carbocycles. The number of benzene rings is 1. The number of nitrogens with one attached hydrogen (secondary N) is 2. The van der Waals surface area contributed by atoms with Gasteiger partial charge in [-0.1, -0.05) is 12.1 Å². The van der Waals surface area contributed by atoms with E-state index in [1.807, 2.05) is 0 Å². The highest BCUT2D eigenvalue weighted by Gasteiger charge is 2.15. The molecule has 0 aromatic heterocycles. The summed E-state index contributed by atoms with van der Waals surface area (Å²) in [5, 5.41) is 7.20. The van der Waals surface area contributed by atoms with Crippen LogP contribution in [-0.2, 0) is 12.8 Å². The van der Waals surface area contributed by atoms with Gasteiger partial charge in [-0.15, -0.1) is 0 Å². The third-order valence-corrected chi connectivity index (χ3v) is 4.38. The Morgan fingerprint density at radius 2 is 2.11 bits per heavy atom. The maximum Gasteiger partial charge on any atom is 0.0375 e. The van der Waals surface area contributed by atoms with Crippen molar-refractivity contribution in [1.82, 2.24) is 5.32 Å². The number of hydrogen-bond donors (Lipinski definition) is 2. The monoisotopic (exact) mass is 244 g/mol. The Labute approximate surface area is 110 Å². The summed E-state index contributed by atoms with van der Waals surface area (Å²) < 4.78 is 0. The normalized spacial score (nSPS) is 23.4. The molecule has 2 aliphatic rings. The van der Waals surface area contributed by atoms with E-state index in [9.17, 15) is 0 Å². The van der Waals surface area contributed by atoms with Crippen molar-refractivity contribution >= 4 is 5.69 Å². The van der Waals surface area contributed by atoms with Gasteiger partial charge in [0.1, 0.15) is 0 Å². The Kier molecular flexibility index (Phi) is 3.84. The Bertz CT molecular complexity index is 394. The van der Waals surface area contributed by atoms with Crippen molar-refractivity contribution in [2.75, 3.05) is 25.0 Å². The molecule has 2 nitrogen and oxygen atoms in total. The minimum atomic E-state index is 0.804. The summed E-state index contributed by atoms with van der Waals surface area (Å²) in [7, 11) is 0. The summed E-state index contributed by atoms with van der Waals surface area (Å²) in [6.45, 7) is 3.52. The number of aryl methyl sites for hydroxylation is 1. The van der Waals surface area contributed by atoms with Crippen LogP contribution in [0.15, 0.2) is 18.2 Å². The molecule has 1 heterocycles. The molecule has 3 rings (SSSR count). The smallest absolute Gasteiger partial charge is 0.0375 e. The van der Waals surface area contributed by atoms with Crippen LogP contribution in [0.3, 0.4) is 0 Å². The number of fused-ring (bicyclic) bond motifs is 1. The van der Waals surface area contributed by atoms with Crippen LogP contribution in [0.1, 0.15) is 36.8 Å². The average Bonchev–Trinajstić information content (AvgIpc) is 2.46. The second-order valence-corrected chi connectivity index (χ2v) is 5.74. The van der Waals surface area contributed by atoms with Crippen LogP contribution in [0.5, 0.6) is 0 Å². The number of rotatable bonds is 3. The average molecular weight is 244 g/mol. The van der Waals surface area contributed by atoms with E-state index in [0.29, 0.717) is 0 Å². The van der Waals surface area contributed by atoms with E-state index in [-0.39, 0.29) is 0 Å². The minimum Gasteiger partial charge on any atom is -0.384 e. The van der Waals surface area contributed by atoms with Crippen molar-refractivity contribution in [3.63, 3.8) is 0 Å². The molecular weight excluding hydrogens is 220 g/mol. The lowest BCUT2D eigenvalue weighted by atomic mass is 9.90. The van der Waals surface area contributed by atoms with Gasteiger partial charge in [0, 0.05) is 12.2 Å². The van der Waals surface area contributed by atoms with Crippen molar-refractivity contribution < 1.29 is 0 Å². The maximum atomic E-state index is 3.70. The van der Waals surface area contributed by atoms with Crippen molar-refractivity contribution in [3.05, 3.63) is 29.3 Å². The lowest BCUT2D eigenvalue weighted by Gasteiger charge is -2.25. The lowest BCUT2D eigenvalue weighted by Crippen LogP contribution is -2.33. The van der Waals surface area contributed by atoms with Gasteiger partial charge >= 0.3 is 0 Å². The van der Waals surface area contributed by atoms with Gasteiger partial charge in [0.2, 0.25) is 0 Å². The summed E-state index contributed by atoms with van der Waals surface area (Å²) in [4.78, 5) is 0. The molecule has 1 saturated heterocycles. The van der Waals surface area contributed by atoms with Crippen molar-refractivity contribution in [2.45, 2.75) is 38.5 Å². The number of piperidine rings is 1. The SMILES string of the molecule is c1cc2c(c(NCC3CCCNC3)c1)CCCC2. The molecule has 0 radical (unpaired) electrons. The fourth-order valence-electron chi connectivity index (χ4n) is 3.30. The fourth-order valence-corrected chi connectivity index (χ4v) is 3.30. The summed E-state index contributed by atoms with van der Waals surface area (Å²) >= 11 is 0. The molecule has 1 aromatic carbocycles. The predicted octanol–water partition coefficient (Wildman–Crippen LogP) is 2.98. The van der Waals surface area contributed by atoms with E-state index < -0.39 is 0 Å². The van der Waals surface area contributed by atoms with E-state index in [1.165, 1.54) is 57.3 Å². The second-order valence-electron chi connectivity index (χ2n) is 5.74. The zero-order chi connectivity index (χ0) is 12.2. The molecule has 1 aliphatic heterocycles. The van der Waals surface area contributed by atoms with Crippen LogP contribution in [0.25, 0.3) is 0 Å². The Hall–Kier alpha value is -1.02. The molecule has 0 bridgehead atoms. The molecule has 1 atom stereocenters. The molecule has 98 valence electrons. The standard InChI is InChI=1S/C16H24N2/c1-2-8-15-14(6-1)7-3-9-16(15)18-12-13-5-4-10-17-11-13/h3,7,9,13,17-18H,1-2,4-6,8,10-12H2. The molecule has 1 unspecified atom stereocenters. The van der Waals surface area contributed by atoms with E-state index in [2.05, 4.69) is 28.8 Å². The molecule has 1 aromatic rings. The quantitative estimate of drug-likeness (QED) is 0.854. The highest BCUT2D eigenvalue weighted by molar-refractivity contribution is 5.55. The second kappa shape index (κ2) is 5.75. The molecule has 0 spiro atoms. The zero-order valence-corrected chi connectivity index (χ0v) is 11.2. The Morgan fingerprint density at radius 3 is 3.00 bits per heavy atom. The maximum absolute atomic E-state index is 3.70. The van der Waals surface area contributed by atoms with Crippen LogP contribution < -0.4 is 10.6 Å². The molecule has 18 heavy (non-hydrogen) atoms. The first kappa shape index (κ1) is 12.0. The fraction of sp³-hybridized carbons (Fsp3) is 0.625. The van der Waals surface area contributed by atoms with Gasteiger partial charge in [-0.05, 0) is 74.7 Å². The first-order chi connectivity index (χ1) is 8.93. The van der Waals surface area contributed by atoms with Gasteiger partial charge in [-0.2, -0.15) is 0 Å². The van der Waals surface area contributed by atoms with Gasteiger partial charge in [0.15, 0.2) is 0 Å². The van der Waals surface area contributed by atoms with Crippen molar-refractivity contribution in [3.8, 4) is 0 Å². The predicted molar refractivity (Wildman–Crippen MR) is 77.2 cm³/mol. The van der Waals surface area contributed by atoms with Crippen molar-refractivity contribution in [2.24, 2.45) is 5.92 Å². The highest BCUT2D eigenvalue weighted by atomic mass is 14.9. The van der Waals surface area contributed by atoms with E-state index in [4.69, 9.17) is 0 Å². The molecular formula is C16H24N2. The minimum absolute atomic E-state index is 0.804. The largest absolute Gasteiger partial charge is 0.384 e. The lowest BCUT2D eigenvalue weighted by molar-refractivity contribution is 0.393. The highest BCUT2D eigenvalue weighted by Crippen LogP contribution is 2.28. The molecule has 0 amide bonds. The van der Waals surface area contributed by atoms with Crippen LogP contribution in [0.4, 0.5) is 5.69 Å². The molecule has 1 fully saturated rings. The van der Waals surface area contributed by atoms with Crippen LogP contribution in [0.2, 0.25) is 0 Å². The van der Waals surface area contributed by atoms with Gasteiger partial charge in [-0.25, -0.2) is 0 Å². The third kappa shape index (κ3) is 2.69. The number of hydrogen-bond acceptors (Lipinski definition) is 2. The Balaban J connectivity index is 1.65. The van der Waals surface area contributed by atoms with E-state index in [0.717, 1.165) is 12.5 Å². The van der Waals surface area contributed by atoms with Crippen LogP contribution in [0, 0.1) is 5.92 Å². The van der Waals surface area contributed by atoms with E-state index >= 15 is 0 Å². The van der Waals surface area contributed by atoms with Gasteiger partial charge in [0.05, 0.1) is 0 Å². The summed E-state index contributed by atoms with van der Waals surface area (Å²) in [5.41, 5.74) is 4.57. The van der Waals surface area contributed by atoms with Crippen LogP contribution >= 0.6 is 0 Å².